The fraction of sp³-hybridized carbons (Fsp3) is 0.929. The number of hydrogen-bond donors (Lipinski definition) is 1. The van der Waals surface area contributed by atoms with Gasteiger partial charge in [0.1, 0.15) is 0 Å². The van der Waals surface area contributed by atoms with Crippen molar-refractivity contribution in [2.75, 3.05) is 33.7 Å². The normalized spacial score (nSPS) is 26.7. The molecular formula is C14H27N3O. The van der Waals surface area contributed by atoms with Gasteiger partial charge in [-0.1, -0.05) is 19.3 Å². The number of rotatable bonds is 4. The number of carbonyl (C=O) groups is 1. The standard InChI is InChI=1S/C14H27N3O/c1-16(2)11-14(18)15-12-8-9-17(10-12)13-6-4-3-5-7-13/h12-13H,3-11H2,1-2H3,(H,15,18). The van der Waals surface area contributed by atoms with E-state index in [9.17, 15) is 4.79 Å². The van der Waals surface area contributed by atoms with Gasteiger partial charge in [0, 0.05) is 25.2 Å². The van der Waals surface area contributed by atoms with Crippen LogP contribution in [0.15, 0.2) is 0 Å². The Hall–Kier alpha value is -0.610. The first-order valence-electron chi connectivity index (χ1n) is 7.33. The minimum Gasteiger partial charge on any atom is -0.351 e. The molecule has 4 nitrogen and oxygen atoms in total. The van der Waals surface area contributed by atoms with Gasteiger partial charge in [-0.25, -0.2) is 0 Å². The molecule has 0 bridgehead atoms. The van der Waals surface area contributed by atoms with E-state index in [-0.39, 0.29) is 5.91 Å². The maximum Gasteiger partial charge on any atom is 0.234 e. The topological polar surface area (TPSA) is 35.6 Å². The number of nitrogens with one attached hydrogen (secondary N) is 1. The molecule has 1 amide bonds. The minimum atomic E-state index is 0.162. The van der Waals surface area contributed by atoms with Gasteiger partial charge in [0.05, 0.1) is 6.54 Å². The predicted molar refractivity (Wildman–Crippen MR) is 73.5 cm³/mol. The lowest BCUT2D eigenvalue weighted by molar-refractivity contribution is -0.122. The monoisotopic (exact) mass is 253 g/mol. The highest BCUT2D eigenvalue weighted by Crippen LogP contribution is 2.25. The molecule has 4 heteroatoms. The van der Waals surface area contributed by atoms with Crippen LogP contribution in [-0.4, -0.2) is 61.5 Å². The molecule has 0 aromatic rings. The fourth-order valence-electron chi connectivity index (χ4n) is 3.24. The van der Waals surface area contributed by atoms with E-state index in [1.807, 2.05) is 19.0 Å². The number of likely N-dealkylation sites (N-methyl/N-ethyl adjacent to an activating group) is 1. The van der Waals surface area contributed by atoms with E-state index in [1.54, 1.807) is 0 Å². The molecule has 0 aromatic heterocycles. The summed E-state index contributed by atoms with van der Waals surface area (Å²) in [5.74, 6) is 0.162. The van der Waals surface area contributed by atoms with Gasteiger partial charge in [-0.2, -0.15) is 0 Å². The molecule has 0 radical (unpaired) electrons. The van der Waals surface area contributed by atoms with Crippen molar-refractivity contribution in [3.05, 3.63) is 0 Å². The van der Waals surface area contributed by atoms with Gasteiger partial charge in [-0.15, -0.1) is 0 Å². The fourth-order valence-corrected chi connectivity index (χ4v) is 3.24. The van der Waals surface area contributed by atoms with Gasteiger partial charge in [-0.3, -0.25) is 9.69 Å². The first kappa shape index (κ1) is 13.8. The lowest BCUT2D eigenvalue weighted by Gasteiger charge is -2.31. The molecule has 1 saturated heterocycles. The molecule has 1 atom stereocenters. The number of carbonyl (C=O) groups excluding carboxylic acids is 1. The van der Waals surface area contributed by atoms with Crippen LogP contribution in [0.4, 0.5) is 0 Å². The number of nitrogens with zero attached hydrogens (tertiary/aromatic N) is 2. The number of hydrogen-bond acceptors (Lipinski definition) is 3. The van der Waals surface area contributed by atoms with Crippen molar-refractivity contribution in [3.8, 4) is 0 Å². The second-order valence-corrected chi connectivity index (χ2v) is 6.08. The maximum absolute atomic E-state index is 11.7. The zero-order valence-corrected chi connectivity index (χ0v) is 11.8. The summed E-state index contributed by atoms with van der Waals surface area (Å²) >= 11 is 0. The van der Waals surface area contributed by atoms with Crippen molar-refractivity contribution in [1.29, 1.82) is 0 Å². The van der Waals surface area contributed by atoms with Crippen LogP contribution < -0.4 is 5.32 Å². The second-order valence-electron chi connectivity index (χ2n) is 6.08. The van der Waals surface area contributed by atoms with E-state index in [1.165, 1.54) is 32.1 Å². The Morgan fingerprint density at radius 1 is 1.22 bits per heavy atom. The van der Waals surface area contributed by atoms with Crippen molar-refractivity contribution < 1.29 is 4.79 Å². The van der Waals surface area contributed by atoms with E-state index in [4.69, 9.17) is 0 Å². The first-order chi connectivity index (χ1) is 8.65. The molecule has 1 unspecified atom stereocenters. The largest absolute Gasteiger partial charge is 0.351 e. The minimum absolute atomic E-state index is 0.162. The summed E-state index contributed by atoms with van der Waals surface area (Å²) in [4.78, 5) is 16.2. The predicted octanol–water partition coefficient (Wildman–Crippen LogP) is 1.07. The van der Waals surface area contributed by atoms with Crippen molar-refractivity contribution in [2.45, 2.75) is 50.6 Å². The third-order valence-corrected chi connectivity index (χ3v) is 4.14. The summed E-state index contributed by atoms with van der Waals surface area (Å²) in [6, 6.07) is 1.16. The molecule has 2 rings (SSSR count). The number of amides is 1. The maximum atomic E-state index is 11.7. The Bertz CT molecular complexity index is 274. The van der Waals surface area contributed by atoms with E-state index in [2.05, 4.69) is 10.2 Å². The quantitative estimate of drug-likeness (QED) is 0.814. The van der Waals surface area contributed by atoms with Gasteiger partial charge in [0.15, 0.2) is 0 Å². The smallest absolute Gasteiger partial charge is 0.234 e. The summed E-state index contributed by atoms with van der Waals surface area (Å²) in [6.07, 6.45) is 8.03. The molecule has 0 spiro atoms. The lowest BCUT2D eigenvalue weighted by Crippen LogP contribution is -2.43. The zero-order valence-electron chi connectivity index (χ0n) is 11.8. The first-order valence-corrected chi connectivity index (χ1v) is 7.33. The summed E-state index contributed by atoms with van der Waals surface area (Å²) in [6.45, 7) is 2.72. The van der Waals surface area contributed by atoms with E-state index in [0.29, 0.717) is 12.6 Å². The van der Waals surface area contributed by atoms with E-state index < -0.39 is 0 Å². The van der Waals surface area contributed by atoms with Crippen LogP contribution in [0.1, 0.15) is 38.5 Å². The van der Waals surface area contributed by atoms with Crippen molar-refractivity contribution in [1.82, 2.24) is 15.1 Å². The van der Waals surface area contributed by atoms with E-state index in [0.717, 1.165) is 25.6 Å². The summed E-state index contributed by atoms with van der Waals surface area (Å²) < 4.78 is 0. The SMILES string of the molecule is CN(C)CC(=O)NC1CCN(C2CCCCC2)C1. The van der Waals surface area contributed by atoms with Gasteiger partial charge in [0.25, 0.3) is 0 Å². The summed E-state index contributed by atoms with van der Waals surface area (Å²) in [7, 11) is 3.87. The van der Waals surface area contributed by atoms with Gasteiger partial charge in [0.2, 0.25) is 5.91 Å². The highest BCUT2D eigenvalue weighted by molar-refractivity contribution is 5.78. The van der Waals surface area contributed by atoms with Crippen LogP contribution >= 0.6 is 0 Å². The van der Waals surface area contributed by atoms with Crippen molar-refractivity contribution >= 4 is 5.91 Å². The average Bonchev–Trinajstić information content (AvgIpc) is 2.77. The summed E-state index contributed by atoms with van der Waals surface area (Å²) in [5.41, 5.74) is 0. The molecule has 1 heterocycles. The van der Waals surface area contributed by atoms with Crippen LogP contribution in [0.2, 0.25) is 0 Å². The van der Waals surface area contributed by atoms with Crippen LogP contribution in [0.5, 0.6) is 0 Å². The van der Waals surface area contributed by atoms with Crippen LogP contribution in [0.3, 0.4) is 0 Å². The molecule has 1 N–H and O–H groups in total. The molecule has 18 heavy (non-hydrogen) atoms. The van der Waals surface area contributed by atoms with E-state index >= 15 is 0 Å². The Morgan fingerprint density at radius 2 is 1.94 bits per heavy atom. The number of likely N-dealkylation sites (tertiary alicyclic amines) is 1. The average molecular weight is 253 g/mol. The third-order valence-electron chi connectivity index (χ3n) is 4.14. The third kappa shape index (κ3) is 3.95. The Labute approximate surface area is 111 Å². The van der Waals surface area contributed by atoms with Gasteiger partial charge < -0.3 is 10.2 Å². The van der Waals surface area contributed by atoms with Gasteiger partial charge >= 0.3 is 0 Å². The Kier molecular flexibility index (Phi) is 5.01. The van der Waals surface area contributed by atoms with Crippen molar-refractivity contribution in [2.24, 2.45) is 0 Å². The highest BCUT2D eigenvalue weighted by atomic mass is 16.2. The van der Waals surface area contributed by atoms with Crippen LogP contribution in [-0.2, 0) is 4.79 Å². The molecule has 2 fully saturated rings. The molecular weight excluding hydrogens is 226 g/mol. The molecule has 1 aliphatic carbocycles. The Morgan fingerprint density at radius 3 is 2.61 bits per heavy atom. The molecule has 2 aliphatic rings. The molecule has 1 saturated carbocycles. The van der Waals surface area contributed by atoms with Gasteiger partial charge in [-0.05, 0) is 33.4 Å². The molecule has 0 aromatic carbocycles. The van der Waals surface area contributed by atoms with Crippen molar-refractivity contribution in [3.63, 3.8) is 0 Å². The molecule has 104 valence electrons. The lowest BCUT2D eigenvalue weighted by atomic mass is 9.94. The summed E-state index contributed by atoms with van der Waals surface area (Å²) in [5, 5.41) is 3.16. The second kappa shape index (κ2) is 6.53. The molecule has 1 aliphatic heterocycles. The van der Waals surface area contributed by atoms with Crippen LogP contribution in [0.25, 0.3) is 0 Å². The van der Waals surface area contributed by atoms with Crippen LogP contribution in [0, 0.1) is 0 Å². The highest BCUT2D eigenvalue weighted by Gasteiger charge is 2.29. The zero-order chi connectivity index (χ0) is 13.0. The Balaban J connectivity index is 1.72.